The van der Waals surface area contributed by atoms with E-state index in [0.29, 0.717) is 12.0 Å². The number of likely N-dealkylation sites (tertiary alicyclic amines) is 1. The summed E-state index contributed by atoms with van der Waals surface area (Å²) in [6.07, 6.45) is 12.4. The van der Waals surface area contributed by atoms with Gasteiger partial charge in [0.1, 0.15) is 0 Å². The van der Waals surface area contributed by atoms with Gasteiger partial charge in [0, 0.05) is 25.2 Å². The molecule has 1 atom stereocenters. The fourth-order valence-electron chi connectivity index (χ4n) is 4.05. The lowest BCUT2D eigenvalue weighted by Gasteiger charge is -2.33. The summed E-state index contributed by atoms with van der Waals surface area (Å²) in [7, 11) is 0. The van der Waals surface area contributed by atoms with Crippen molar-refractivity contribution in [1.29, 1.82) is 0 Å². The summed E-state index contributed by atoms with van der Waals surface area (Å²) in [5, 5.41) is 3.20. The van der Waals surface area contributed by atoms with Crippen LogP contribution in [0.5, 0.6) is 0 Å². The van der Waals surface area contributed by atoms with Crippen molar-refractivity contribution in [2.75, 3.05) is 13.1 Å². The average Bonchev–Trinajstić information content (AvgIpc) is 3.34. The quantitative estimate of drug-likeness (QED) is 0.815. The molecule has 120 valence electrons. The molecule has 2 aliphatic carbocycles. The van der Waals surface area contributed by atoms with Crippen molar-refractivity contribution in [2.24, 2.45) is 11.7 Å². The smallest absolute Gasteiger partial charge is 0.237 e. The highest BCUT2D eigenvalue weighted by atomic mass is 16.2. The number of nitrogens with zero attached hydrogens (tertiary/aromatic N) is 1. The predicted molar refractivity (Wildman–Crippen MR) is 84.9 cm³/mol. The number of hydrogen-bond acceptors (Lipinski definition) is 3. The van der Waals surface area contributed by atoms with E-state index in [9.17, 15) is 4.79 Å². The molecule has 0 radical (unpaired) electrons. The Kier molecular flexibility index (Phi) is 5.17. The Balaban J connectivity index is 1.36. The van der Waals surface area contributed by atoms with Crippen LogP contribution in [0.1, 0.15) is 64.2 Å². The molecule has 1 aliphatic heterocycles. The molecule has 0 spiro atoms. The molecule has 0 aromatic rings. The van der Waals surface area contributed by atoms with Crippen molar-refractivity contribution in [1.82, 2.24) is 10.2 Å². The number of hydrogen-bond donors (Lipinski definition) is 2. The summed E-state index contributed by atoms with van der Waals surface area (Å²) in [6.45, 7) is 2.29. The molecule has 0 bridgehead atoms. The Morgan fingerprint density at radius 2 is 1.71 bits per heavy atom. The zero-order chi connectivity index (χ0) is 14.7. The van der Waals surface area contributed by atoms with Crippen molar-refractivity contribution in [3.63, 3.8) is 0 Å². The molecule has 1 heterocycles. The first-order valence-corrected chi connectivity index (χ1v) is 9.02. The second kappa shape index (κ2) is 7.10. The van der Waals surface area contributed by atoms with Gasteiger partial charge in [-0.25, -0.2) is 0 Å². The van der Waals surface area contributed by atoms with Crippen LogP contribution < -0.4 is 11.1 Å². The Labute approximate surface area is 128 Å². The fraction of sp³-hybridized carbons (Fsp3) is 0.941. The van der Waals surface area contributed by atoms with Gasteiger partial charge in [-0.15, -0.1) is 0 Å². The monoisotopic (exact) mass is 293 g/mol. The van der Waals surface area contributed by atoms with Crippen LogP contribution in [0, 0.1) is 5.92 Å². The maximum Gasteiger partial charge on any atom is 0.237 e. The summed E-state index contributed by atoms with van der Waals surface area (Å²) in [5.74, 6) is 0.765. The van der Waals surface area contributed by atoms with E-state index in [4.69, 9.17) is 5.73 Å². The second-order valence-corrected chi connectivity index (χ2v) is 7.40. The highest BCUT2D eigenvalue weighted by Crippen LogP contribution is 2.29. The molecule has 3 N–H and O–H groups in total. The fourth-order valence-corrected chi connectivity index (χ4v) is 4.05. The van der Waals surface area contributed by atoms with Gasteiger partial charge in [0.2, 0.25) is 5.91 Å². The van der Waals surface area contributed by atoms with Gasteiger partial charge in [0.15, 0.2) is 0 Å². The summed E-state index contributed by atoms with van der Waals surface area (Å²) >= 11 is 0. The summed E-state index contributed by atoms with van der Waals surface area (Å²) in [4.78, 5) is 14.9. The van der Waals surface area contributed by atoms with Crippen molar-refractivity contribution in [3.8, 4) is 0 Å². The molecule has 3 rings (SSSR count). The van der Waals surface area contributed by atoms with Gasteiger partial charge in [-0.05, 0) is 38.0 Å². The Bertz CT molecular complexity index is 342. The number of nitrogens with two attached hydrogens (primary N) is 1. The Morgan fingerprint density at radius 3 is 2.33 bits per heavy atom. The van der Waals surface area contributed by atoms with Gasteiger partial charge in [-0.2, -0.15) is 0 Å². The van der Waals surface area contributed by atoms with Gasteiger partial charge in [-0.3, -0.25) is 4.79 Å². The zero-order valence-corrected chi connectivity index (χ0v) is 13.2. The van der Waals surface area contributed by atoms with E-state index in [1.54, 1.807) is 0 Å². The Hall–Kier alpha value is -0.610. The van der Waals surface area contributed by atoms with Gasteiger partial charge in [0.25, 0.3) is 0 Å². The first kappa shape index (κ1) is 15.3. The molecule has 4 nitrogen and oxygen atoms in total. The topological polar surface area (TPSA) is 58.4 Å². The lowest BCUT2D eigenvalue weighted by atomic mass is 9.85. The van der Waals surface area contributed by atoms with E-state index in [-0.39, 0.29) is 11.9 Å². The summed E-state index contributed by atoms with van der Waals surface area (Å²) in [6, 6.07) is 0.912. The van der Waals surface area contributed by atoms with Gasteiger partial charge in [-0.1, -0.05) is 32.1 Å². The average molecular weight is 293 g/mol. The van der Waals surface area contributed by atoms with Crippen molar-refractivity contribution < 1.29 is 4.79 Å². The van der Waals surface area contributed by atoms with E-state index in [1.165, 1.54) is 44.9 Å². The summed E-state index contributed by atoms with van der Waals surface area (Å²) in [5.41, 5.74) is 6.13. The third-order valence-electron chi connectivity index (χ3n) is 5.59. The maximum atomic E-state index is 12.3. The minimum Gasteiger partial charge on any atom is -0.352 e. The van der Waals surface area contributed by atoms with Crippen LogP contribution >= 0.6 is 0 Å². The van der Waals surface area contributed by atoms with Crippen LogP contribution in [-0.2, 0) is 4.79 Å². The van der Waals surface area contributed by atoms with Crippen molar-refractivity contribution in [3.05, 3.63) is 0 Å². The van der Waals surface area contributed by atoms with Crippen molar-refractivity contribution >= 4 is 5.91 Å². The number of rotatable bonds is 5. The van der Waals surface area contributed by atoms with Crippen molar-refractivity contribution in [2.45, 2.75) is 82.3 Å². The third kappa shape index (κ3) is 4.43. The van der Waals surface area contributed by atoms with Gasteiger partial charge < -0.3 is 16.0 Å². The van der Waals surface area contributed by atoms with Crippen LogP contribution in [0.15, 0.2) is 0 Å². The molecule has 3 fully saturated rings. The first-order valence-electron chi connectivity index (χ1n) is 9.02. The highest BCUT2D eigenvalue weighted by Gasteiger charge is 2.32. The van der Waals surface area contributed by atoms with Gasteiger partial charge >= 0.3 is 0 Å². The number of carbonyl (C=O) groups is 1. The lowest BCUT2D eigenvalue weighted by molar-refractivity contribution is -0.123. The number of amides is 1. The minimum atomic E-state index is -0.297. The Morgan fingerprint density at radius 1 is 1.05 bits per heavy atom. The molecule has 0 aromatic carbocycles. The molecule has 1 unspecified atom stereocenters. The number of piperidine rings is 1. The summed E-state index contributed by atoms with van der Waals surface area (Å²) < 4.78 is 0. The van der Waals surface area contributed by atoms with E-state index in [0.717, 1.165) is 38.4 Å². The van der Waals surface area contributed by atoms with E-state index >= 15 is 0 Å². The highest BCUT2D eigenvalue weighted by molar-refractivity contribution is 5.81. The molecular weight excluding hydrogens is 262 g/mol. The SMILES string of the molecule is NC(CC1CCCCC1)C(=O)NC1CCN(C2CC2)CC1. The van der Waals surface area contributed by atoms with Crippen LogP contribution in [0.2, 0.25) is 0 Å². The molecule has 1 amide bonds. The van der Waals surface area contributed by atoms with E-state index < -0.39 is 0 Å². The standard InChI is InChI=1S/C17H31N3O/c18-16(12-13-4-2-1-3-5-13)17(21)19-14-8-10-20(11-9-14)15-6-7-15/h13-16H,1-12,18H2,(H,19,21). The normalized spacial score (nSPS) is 27.5. The largest absolute Gasteiger partial charge is 0.352 e. The number of carbonyl (C=O) groups excluding carboxylic acids is 1. The van der Waals surface area contributed by atoms with Gasteiger partial charge in [0.05, 0.1) is 6.04 Å². The van der Waals surface area contributed by atoms with Crippen LogP contribution in [0.4, 0.5) is 0 Å². The van der Waals surface area contributed by atoms with Crippen LogP contribution in [0.3, 0.4) is 0 Å². The van der Waals surface area contributed by atoms with E-state index in [1.807, 2.05) is 0 Å². The first-order chi connectivity index (χ1) is 10.2. The molecule has 2 saturated carbocycles. The third-order valence-corrected chi connectivity index (χ3v) is 5.59. The van der Waals surface area contributed by atoms with Crippen LogP contribution in [0.25, 0.3) is 0 Å². The molecule has 1 saturated heterocycles. The predicted octanol–water partition coefficient (Wildman–Crippen LogP) is 2.03. The minimum absolute atomic E-state index is 0.0884. The zero-order valence-electron chi connectivity index (χ0n) is 13.2. The molecule has 0 aromatic heterocycles. The molecule has 3 aliphatic rings. The van der Waals surface area contributed by atoms with E-state index in [2.05, 4.69) is 10.2 Å². The molecule has 4 heteroatoms. The molecular formula is C17H31N3O. The number of nitrogens with one attached hydrogen (secondary N) is 1. The molecule has 21 heavy (non-hydrogen) atoms. The maximum absolute atomic E-state index is 12.3. The second-order valence-electron chi connectivity index (χ2n) is 7.40. The lowest BCUT2D eigenvalue weighted by Crippen LogP contribution is -2.50. The van der Waals surface area contributed by atoms with Crippen LogP contribution in [-0.4, -0.2) is 42.0 Å².